The number of halogens is 1. The third-order valence-electron chi connectivity index (χ3n) is 5.20. The van der Waals surface area contributed by atoms with Gasteiger partial charge in [-0.3, -0.25) is 9.36 Å². The number of rotatable bonds is 4. The van der Waals surface area contributed by atoms with Gasteiger partial charge in [-0.15, -0.1) is 0 Å². The molecule has 0 bridgehead atoms. The van der Waals surface area contributed by atoms with Crippen LogP contribution in [0, 0.1) is 0 Å². The predicted octanol–water partition coefficient (Wildman–Crippen LogP) is 3.55. The van der Waals surface area contributed by atoms with E-state index in [0.717, 1.165) is 12.8 Å². The van der Waals surface area contributed by atoms with E-state index in [-0.39, 0.29) is 21.0 Å². The lowest BCUT2D eigenvalue weighted by atomic mass is 10.2. The Morgan fingerprint density at radius 2 is 1.77 bits per heavy atom. The van der Waals surface area contributed by atoms with Gasteiger partial charge in [0.15, 0.2) is 0 Å². The monoisotopic (exact) mass is 446 g/mol. The number of fused-ring (bicyclic) bond motifs is 1. The van der Waals surface area contributed by atoms with E-state index in [0.29, 0.717) is 24.0 Å². The first-order valence-electron chi connectivity index (χ1n) is 9.37. The molecule has 1 aliphatic heterocycles. The third kappa shape index (κ3) is 3.40. The molecule has 0 aliphatic carbocycles. The van der Waals surface area contributed by atoms with Crippen molar-refractivity contribution in [2.75, 3.05) is 20.2 Å². The molecule has 156 valence electrons. The maximum atomic E-state index is 13.3. The van der Waals surface area contributed by atoms with Gasteiger partial charge in [-0.2, -0.15) is 4.31 Å². The maximum absolute atomic E-state index is 13.3. The number of aromatic nitrogens is 1. The van der Waals surface area contributed by atoms with E-state index in [1.54, 1.807) is 24.3 Å². The van der Waals surface area contributed by atoms with Gasteiger partial charge in [-0.05, 0) is 37.1 Å². The second-order valence-corrected chi connectivity index (χ2v) is 9.30. The minimum absolute atomic E-state index is 0.0612. The van der Waals surface area contributed by atoms with Crippen LogP contribution in [0.1, 0.15) is 33.6 Å². The highest BCUT2D eigenvalue weighted by molar-refractivity contribution is 7.89. The first kappa shape index (κ1) is 20.6. The standard InChI is InChI=1S/C21H19ClN2O5S/c1-29-21(26)16-13-24(18-7-3-2-6-15(16)18)20(25)14-8-9-17(22)19(12-14)30(27,28)23-10-4-5-11-23/h2-3,6-9,12-13H,4-5,10-11H2,1H3. The SMILES string of the molecule is COC(=O)c1cn(C(=O)c2ccc(Cl)c(S(=O)(=O)N3CCCC3)c2)c2ccccc12. The second kappa shape index (κ2) is 7.86. The predicted molar refractivity (Wildman–Crippen MR) is 112 cm³/mol. The number of methoxy groups -OCH3 is 1. The summed E-state index contributed by atoms with van der Waals surface area (Å²) in [6.07, 6.45) is 2.99. The normalized spacial score (nSPS) is 14.9. The van der Waals surface area contributed by atoms with Crippen molar-refractivity contribution in [1.82, 2.24) is 8.87 Å². The van der Waals surface area contributed by atoms with E-state index >= 15 is 0 Å². The molecule has 1 aliphatic rings. The number of hydrogen-bond donors (Lipinski definition) is 0. The van der Waals surface area contributed by atoms with Crippen molar-refractivity contribution in [1.29, 1.82) is 0 Å². The van der Waals surface area contributed by atoms with Crippen LogP contribution in [0.4, 0.5) is 0 Å². The largest absolute Gasteiger partial charge is 0.465 e. The highest BCUT2D eigenvalue weighted by Crippen LogP contribution is 2.29. The fourth-order valence-corrected chi connectivity index (χ4v) is 5.68. The van der Waals surface area contributed by atoms with E-state index in [2.05, 4.69) is 0 Å². The molecular formula is C21H19ClN2O5S. The molecule has 0 amide bonds. The topological polar surface area (TPSA) is 85.7 Å². The number of nitrogens with zero attached hydrogens (tertiary/aromatic N) is 2. The van der Waals surface area contributed by atoms with Crippen molar-refractivity contribution in [3.63, 3.8) is 0 Å². The van der Waals surface area contributed by atoms with Gasteiger partial charge in [-0.1, -0.05) is 29.8 Å². The van der Waals surface area contributed by atoms with E-state index in [4.69, 9.17) is 16.3 Å². The minimum Gasteiger partial charge on any atom is -0.465 e. The molecule has 0 N–H and O–H groups in total. The fourth-order valence-electron chi connectivity index (χ4n) is 3.66. The smallest absolute Gasteiger partial charge is 0.340 e. The lowest BCUT2D eigenvalue weighted by molar-refractivity contribution is 0.0603. The molecule has 0 unspecified atom stereocenters. The molecule has 0 atom stereocenters. The molecule has 1 saturated heterocycles. The maximum Gasteiger partial charge on any atom is 0.340 e. The second-order valence-electron chi connectivity index (χ2n) is 6.98. The molecule has 9 heteroatoms. The van der Waals surface area contributed by atoms with Gasteiger partial charge in [0.25, 0.3) is 5.91 Å². The Kier molecular flexibility index (Phi) is 5.40. The summed E-state index contributed by atoms with van der Waals surface area (Å²) in [6.45, 7) is 0.864. The summed E-state index contributed by atoms with van der Waals surface area (Å²) in [6, 6.07) is 11.1. The van der Waals surface area contributed by atoms with Gasteiger partial charge in [0, 0.05) is 30.2 Å². The minimum atomic E-state index is -3.80. The highest BCUT2D eigenvalue weighted by Gasteiger charge is 2.30. The van der Waals surface area contributed by atoms with Gasteiger partial charge in [-0.25, -0.2) is 13.2 Å². The van der Waals surface area contributed by atoms with Crippen molar-refractivity contribution in [2.45, 2.75) is 17.7 Å². The van der Waals surface area contributed by atoms with Crippen LogP contribution < -0.4 is 0 Å². The van der Waals surface area contributed by atoms with Gasteiger partial charge < -0.3 is 4.74 Å². The van der Waals surface area contributed by atoms with Crippen LogP contribution in [0.5, 0.6) is 0 Å². The zero-order chi connectivity index (χ0) is 21.5. The van der Waals surface area contributed by atoms with E-state index in [1.165, 1.54) is 40.4 Å². The lowest BCUT2D eigenvalue weighted by Crippen LogP contribution is -2.28. The number of sulfonamides is 1. The van der Waals surface area contributed by atoms with Gasteiger partial charge in [0.2, 0.25) is 10.0 Å². The van der Waals surface area contributed by atoms with Crippen LogP contribution in [0.25, 0.3) is 10.9 Å². The van der Waals surface area contributed by atoms with E-state index < -0.39 is 21.9 Å². The summed E-state index contributed by atoms with van der Waals surface area (Å²) in [5, 5.41) is 0.627. The molecule has 2 aromatic carbocycles. The number of ether oxygens (including phenoxy) is 1. The number of esters is 1. The first-order valence-corrected chi connectivity index (χ1v) is 11.2. The van der Waals surface area contributed by atoms with Crippen LogP contribution in [0.15, 0.2) is 53.6 Å². The van der Waals surface area contributed by atoms with Gasteiger partial charge in [0.05, 0.1) is 23.2 Å². The number of para-hydroxylation sites is 1. The van der Waals surface area contributed by atoms with E-state index in [9.17, 15) is 18.0 Å². The Bertz CT molecular complexity index is 1260. The Balaban J connectivity index is 1.81. The van der Waals surface area contributed by atoms with Crippen LogP contribution in [-0.4, -0.2) is 49.4 Å². The van der Waals surface area contributed by atoms with Crippen LogP contribution in [0.3, 0.4) is 0 Å². The summed E-state index contributed by atoms with van der Waals surface area (Å²) >= 11 is 6.18. The zero-order valence-corrected chi connectivity index (χ0v) is 17.7. The average molecular weight is 447 g/mol. The molecule has 3 aromatic rings. The molecule has 0 radical (unpaired) electrons. The molecule has 1 aromatic heterocycles. The molecule has 2 heterocycles. The molecule has 30 heavy (non-hydrogen) atoms. The Labute approximate surface area is 178 Å². The van der Waals surface area contributed by atoms with Crippen molar-refractivity contribution < 1.29 is 22.7 Å². The van der Waals surface area contributed by atoms with E-state index in [1.807, 2.05) is 0 Å². The molecule has 0 saturated carbocycles. The third-order valence-corrected chi connectivity index (χ3v) is 7.58. The fraction of sp³-hybridized carbons (Fsp3) is 0.238. The van der Waals surface area contributed by atoms with Crippen molar-refractivity contribution in [3.05, 3.63) is 64.8 Å². The Hall–Kier alpha value is -2.68. The molecule has 1 fully saturated rings. The molecule has 4 rings (SSSR count). The average Bonchev–Trinajstić information content (AvgIpc) is 3.42. The molecule has 0 spiro atoms. The summed E-state index contributed by atoms with van der Waals surface area (Å²) in [7, 11) is -2.53. The number of hydrogen-bond acceptors (Lipinski definition) is 5. The quantitative estimate of drug-likeness (QED) is 0.572. The summed E-state index contributed by atoms with van der Waals surface area (Å²) in [5.74, 6) is -1.04. The molecule has 7 nitrogen and oxygen atoms in total. The first-order chi connectivity index (χ1) is 14.3. The lowest BCUT2D eigenvalue weighted by Gasteiger charge is -2.17. The summed E-state index contributed by atoms with van der Waals surface area (Å²) in [5.41, 5.74) is 0.913. The van der Waals surface area contributed by atoms with Crippen molar-refractivity contribution in [3.8, 4) is 0 Å². The summed E-state index contributed by atoms with van der Waals surface area (Å²) < 4.78 is 33.5. The Morgan fingerprint density at radius 3 is 2.47 bits per heavy atom. The highest BCUT2D eigenvalue weighted by atomic mass is 35.5. The van der Waals surface area contributed by atoms with Crippen molar-refractivity contribution in [2.24, 2.45) is 0 Å². The number of benzene rings is 2. The van der Waals surface area contributed by atoms with Gasteiger partial charge >= 0.3 is 5.97 Å². The van der Waals surface area contributed by atoms with Gasteiger partial charge in [0.1, 0.15) is 4.90 Å². The zero-order valence-electron chi connectivity index (χ0n) is 16.2. The van der Waals surface area contributed by atoms with Crippen LogP contribution >= 0.6 is 11.6 Å². The number of carbonyl (C=O) groups is 2. The number of carbonyl (C=O) groups excluding carboxylic acids is 2. The molecular weight excluding hydrogens is 428 g/mol. The van der Waals surface area contributed by atoms with Crippen LogP contribution in [0.2, 0.25) is 5.02 Å². The Morgan fingerprint density at radius 1 is 1.07 bits per heavy atom. The summed E-state index contributed by atoms with van der Waals surface area (Å²) in [4.78, 5) is 25.3. The van der Waals surface area contributed by atoms with Crippen LogP contribution in [-0.2, 0) is 14.8 Å². The van der Waals surface area contributed by atoms with Crippen molar-refractivity contribution >= 4 is 44.4 Å².